The van der Waals surface area contributed by atoms with Gasteiger partial charge in [-0.3, -0.25) is 19.3 Å². The van der Waals surface area contributed by atoms with Crippen LogP contribution in [-0.4, -0.2) is 29.2 Å². The largest absolute Gasteiger partial charge is 0.344 e. The quantitative estimate of drug-likeness (QED) is 0.736. The van der Waals surface area contributed by atoms with Gasteiger partial charge in [0, 0.05) is 17.8 Å². The normalized spacial score (nSPS) is 22.4. The van der Waals surface area contributed by atoms with Crippen LogP contribution in [0.1, 0.15) is 54.1 Å². The molecule has 6 heteroatoms. The Balaban J connectivity index is 1.41. The summed E-state index contributed by atoms with van der Waals surface area (Å²) in [7, 11) is 0. The molecule has 1 aromatic heterocycles. The van der Waals surface area contributed by atoms with E-state index in [9.17, 15) is 14.4 Å². The van der Waals surface area contributed by atoms with Crippen molar-refractivity contribution in [1.82, 2.24) is 10.2 Å². The first-order valence-corrected chi connectivity index (χ1v) is 11.2. The fourth-order valence-corrected chi connectivity index (χ4v) is 5.23. The Morgan fingerprint density at radius 2 is 1.76 bits per heavy atom. The van der Waals surface area contributed by atoms with Crippen LogP contribution in [0.5, 0.6) is 0 Å². The maximum absolute atomic E-state index is 12.7. The Morgan fingerprint density at radius 1 is 1.10 bits per heavy atom. The van der Waals surface area contributed by atoms with Crippen LogP contribution in [-0.2, 0) is 14.4 Å². The molecule has 4 rings (SSSR count). The second kappa shape index (κ2) is 8.49. The van der Waals surface area contributed by atoms with Gasteiger partial charge in [0.05, 0.1) is 17.9 Å². The molecule has 0 unspecified atom stereocenters. The molecule has 1 saturated heterocycles. The van der Waals surface area contributed by atoms with E-state index in [0.717, 1.165) is 41.7 Å². The first-order chi connectivity index (χ1) is 14.0. The number of aryl methyl sites for hydroxylation is 1. The maximum Gasteiger partial charge on any atom is 0.233 e. The molecule has 1 aromatic carbocycles. The first-order valence-electron chi connectivity index (χ1n) is 10.3. The summed E-state index contributed by atoms with van der Waals surface area (Å²) in [5.41, 5.74) is 2.18. The minimum Gasteiger partial charge on any atom is -0.344 e. The fourth-order valence-electron chi connectivity index (χ4n) is 4.43. The van der Waals surface area contributed by atoms with E-state index in [1.165, 1.54) is 4.90 Å². The molecule has 1 N–H and O–H groups in total. The maximum atomic E-state index is 12.7. The number of rotatable bonds is 6. The number of carbonyl (C=O) groups excluding carboxylic acids is 3. The summed E-state index contributed by atoms with van der Waals surface area (Å²) in [5.74, 6) is -0.641. The average Bonchev–Trinajstić information content (AvgIpc) is 3.34. The number of carbonyl (C=O) groups is 3. The van der Waals surface area contributed by atoms with Gasteiger partial charge in [-0.15, -0.1) is 11.3 Å². The molecule has 5 nitrogen and oxygen atoms in total. The molecule has 1 aliphatic carbocycles. The Hall–Kier alpha value is -2.47. The zero-order valence-electron chi connectivity index (χ0n) is 16.6. The standard InChI is InChI=1S/C23H26N2O3S/c1-15-8-10-16(11-9-15)21(19-7-4-14-29-19)24-20(26)12-13-25-22(27)17-5-2-3-6-18(17)23(25)28/h4,7-11,14,17-18,21H,2-3,5-6,12-13H2,1H3,(H,24,26)/t17-,18-,21+/m0/s1. The van der Waals surface area contributed by atoms with Crippen molar-refractivity contribution < 1.29 is 14.4 Å². The SMILES string of the molecule is Cc1ccc([C@@H](NC(=O)CCN2C(=O)[C@H]3CCCC[C@@H]3C2=O)c2cccs2)cc1. The number of nitrogens with one attached hydrogen (secondary N) is 1. The molecule has 29 heavy (non-hydrogen) atoms. The molecule has 0 radical (unpaired) electrons. The topological polar surface area (TPSA) is 66.5 Å². The van der Waals surface area contributed by atoms with Crippen molar-refractivity contribution in [3.05, 3.63) is 57.8 Å². The number of fused-ring (bicyclic) bond motifs is 1. The summed E-state index contributed by atoms with van der Waals surface area (Å²) in [6, 6.07) is 11.9. The number of imide groups is 1. The van der Waals surface area contributed by atoms with Crippen LogP contribution in [0.3, 0.4) is 0 Å². The van der Waals surface area contributed by atoms with Crippen molar-refractivity contribution in [2.75, 3.05) is 6.54 Å². The highest BCUT2D eigenvalue weighted by Gasteiger charge is 2.47. The molecule has 2 fully saturated rings. The molecule has 3 atom stereocenters. The zero-order valence-corrected chi connectivity index (χ0v) is 17.4. The third-order valence-electron chi connectivity index (χ3n) is 6.04. The zero-order chi connectivity index (χ0) is 20.4. The lowest BCUT2D eigenvalue weighted by atomic mass is 9.81. The number of likely N-dealkylation sites (tertiary alicyclic amines) is 1. The summed E-state index contributed by atoms with van der Waals surface area (Å²) in [6.45, 7) is 2.20. The van der Waals surface area contributed by atoms with Crippen molar-refractivity contribution >= 4 is 29.1 Å². The van der Waals surface area contributed by atoms with Crippen LogP contribution in [0.2, 0.25) is 0 Å². The lowest BCUT2D eigenvalue weighted by molar-refractivity contribution is -0.140. The minimum atomic E-state index is -0.226. The number of amides is 3. The third-order valence-corrected chi connectivity index (χ3v) is 6.98. The molecular formula is C23H26N2O3S. The van der Waals surface area contributed by atoms with E-state index >= 15 is 0 Å². The van der Waals surface area contributed by atoms with E-state index in [4.69, 9.17) is 0 Å². The van der Waals surface area contributed by atoms with Crippen molar-refractivity contribution in [3.63, 3.8) is 0 Å². The minimum absolute atomic E-state index is 0.0826. The van der Waals surface area contributed by atoms with E-state index < -0.39 is 0 Å². The van der Waals surface area contributed by atoms with Crippen LogP contribution in [0.4, 0.5) is 0 Å². The molecule has 1 saturated carbocycles. The van der Waals surface area contributed by atoms with E-state index in [1.54, 1.807) is 11.3 Å². The van der Waals surface area contributed by atoms with Crippen molar-refractivity contribution in [1.29, 1.82) is 0 Å². The highest BCUT2D eigenvalue weighted by molar-refractivity contribution is 7.10. The van der Waals surface area contributed by atoms with Gasteiger partial charge in [-0.25, -0.2) is 0 Å². The number of nitrogens with zero attached hydrogens (tertiary/aromatic N) is 1. The third kappa shape index (κ3) is 4.13. The Morgan fingerprint density at radius 3 is 2.34 bits per heavy atom. The Labute approximate surface area is 175 Å². The second-order valence-corrected chi connectivity index (χ2v) is 8.98. The second-order valence-electron chi connectivity index (χ2n) is 8.00. The molecule has 2 aliphatic rings. The van der Waals surface area contributed by atoms with Gasteiger partial charge in [0.2, 0.25) is 17.7 Å². The molecular weight excluding hydrogens is 384 g/mol. The van der Waals surface area contributed by atoms with Crippen LogP contribution in [0.25, 0.3) is 0 Å². The number of hydrogen-bond donors (Lipinski definition) is 1. The predicted molar refractivity (Wildman–Crippen MR) is 112 cm³/mol. The van der Waals surface area contributed by atoms with Crippen molar-refractivity contribution in [2.45, 2.75) is 45.1 Å². The van der Waals surface area contributed by atoms with Gasteiger partial charge in [0.25, 0.3) is 0 Å². The number of hydrogen-bond acceptors (Lipinski definition) is 4. The van der Waals surface area contributed by atoms with E-state index in [-0.39, 0.29) is 48.6 Å². The smallest absolute Gasteiger partial charge is 0.233 e. The Bertz CT molecular complexity index is 867. The molecule has 2 aromatic rings. The first kappa shape index (κ1) is 19.8. The monoisotopic (exact) mass is 410 g/mol. The van der Waals surface area contributed by atoms with Crippen molar-refractivity contribution in [3.8, 4) is 0 Å². The van der Waals surface area contributed by atoms with Gasteiger partial charge in [-0.1, -0.05) is 48.7 Å². The van der Waals surface area contributed by atoms with Crippen LogP contribution in [0, 0.1) is 18.8 Å². The van der Waals surface area contributed by atoms with Crippen LogP contribution in [0.15, 0.2) is 41.8 Å². The van der Waals surface area contributed by atoms with E-state index in [2.05, 4.69) is 5.32 Å². The highest BCUT2D eigenvalue weighted by Crippen LogP contribution is 2.38. The van der Waals surface area contributed by atoms with Gasteiger partial charge in [-0.2, -0.15) is 0 Å². The van der Waals surface area contributed by atoms with Gasteiger partial charge in [0.1, 0.15) is 0 Å². The van der Waals surface area contributed by atoms with Crippen LogP contribution < -0.4 is 5.32 Å². The van der Waals surface area contributed by atoms with E-state index in [0.29, 0.717) is 0 Å². The van der Waals surface area contributed by atoms with Gasteiger partial charge in [-0.05, 0) is 36.8 Å². The molecule has 1 aliphatic heterocycles. The lowest BCUT2D eigenvalue weighted by Crippen LogP contribution is -2.36. The summed E-state index contributed by atoms with van der Waals surface area (Å²) in [4.78, 5) is 40.3. The van der Waals surface area contributed by atoms with E-state index in [1.807, 2.05) is 48.7 Å². The lowest BCUT2D eigenvalue weighted by Gasteiger charge is -2.20. The number of benzene rings is 1. The molecule has 2 heterocycles. The van der Waals surface area contributed by atoms with Gasteiger partial charge in [0.15, 0.2) is 0 Å². The fraction of sp³-hybridized carbons (Fsp3) is 0.435. The van der Waals surface area contributed by atoms with Crippen molar-refractivity contribution in [2.24, 2.45) is 11.8 Å². The summed E-state index contributed by atoms with van der Waals surface area (Å²) < 4.78 is 0. The van der Waals surface area contributed by atoms with Crippen LogP contribution >= 0.6 is 11.3 Å². The number of thiophene rings is 1. The Kier molecular flexibility index (Phi) is 5.81. The molecule has 0 spiro atoms. The summed E-state index contributed by atoms with van der Waals surface area (Å²) >= 11 is 1.60. The summed E-state index contributed by atoms with van der Waals surface area (Å²) in [5, 5.41) is 5.09. The summed E-state index contributed by atoms with van der Waals surface area (Å²) in [6.07, 6.45) is 3.74. The molecule has 152 valence electrons. The average molecular weight is 411 g/mol. The molecule has 3 amide bonds. The predicted octanol–water partition coefficient (Wildman–Crippen LogP) is 3.83. The van der Waals surface area contributed by atoms with Gasteiger partial charge >= 0.3 is 0 Å². The van der Waals surface area contributed by atoms with Gasteiger partial charge < -0.3 is 5.32 Å². The highest BCUT2D eigenvalue weighted by atomic mass is 32.1. The molecule has 0 bridgehead atoms.